The zero-order valence-corrected chi connectivity index (χ0v) is 18.4. The van der Waals surface area contributed by atoms with E-state index in [9.17, 15) is 4.79 Å². The van der Waals surface area contributed by atoms with E-state index in [-0.39, 0.29) is 5.91 Å². The van der Waals surface area contributed by atoms with E-state index in [1.165, 1.54) is 11.8 Å². The average Bonchev–Trinajstić information content (AvgIpc) is 3.17. The molecule has 0 fully saturated rings. The van der Waals surface area contributed by atoms with Gasteiger partial charge in [0, 0.05) is 34.7 Å². The van der Waals surface area contributed by atoms with Crippen molar-refractivity contribution in [1.29, 1.82) is 0 Å². The van der Waals surface area contributed by atoms with Crippen LogP contribution in [-0.4, -0.2) is 23.0 Å². The minimum absolute atomic E-state index is 0.281. The maximum atomic E-state index is 13.3. The summed E-state index contributed by atoms with van der Waals surface area (Å²) in [6, 6.07) is 17.1. The first-order valence-corrected chi connectivity index (χ1v) is 10.8. The van der Waals surface area contributed by atoms with Gasteiger partial charge in [0.1, 0.15) is 11.3 Å². The highest BCUT2D eigenvalue weighted by atomic mass is 32.2. The van der Waals surface area contributed by atoms with Crippen molar-refractivity contribution >= 4 is 28.6 Å². The van der Waals surface area contributed by atoms with Gasteiger partial charge in [0.15, 0.2) is 10.9 Å². The van der Waals surface area contributed by atoms with Crippen LogP contribution >= 0.6 is 11.8 Å². The summed E-state index contributed by atoms with van der Waals surface area (Å²) in [6.45, 7) is 3.88. The summed E-state index contributed by atoms with van der Waals surface area (Å²) in [4.78, 5) is 21.9. The number of hydrogen-bond acceptors (Lipinski definition) is 6. The fraction of sp³-hybridized carbons (Fsp3) is 0.208. The van der Waals surface area contributed by atoms with Crippen molar-refractivity contribution in [3.05, 3.63) is 83.9 Å². The highest BCUT2D eigenvalue weighted by Gasteiger charge is 2.30. The highest BCUT2D eigenvalue weighted by molar-refractivity contribution is 7.98. The molecule has 4 rings (SSSR count). The van der Waals surface area contributed by atoms with Gasteiger partial charge in [0.05, 0.1) is 12.6 Å². The Bertz CT molecular complexity index is 1210. The molecule has 0 atom stereocenters. The number of aromatic nitrogens is 2. The van der Waals surface area contributed by atoms with Gasteiger partial charge >= 0.3 is 0 Å². The minimum atomic E-state index is -0.671. The molecule has 2 aromatic heterocycles. The largest absolute Gasteiger partial charge is 0.496 e. The summed E-state index contributed by atoms with van der Waals surface area (Å²) in [5.74, 6) is 1.25. The molecular formula is C24H23N3O3S. The summed E-state index contributed by atoms with van der Waals surface area (Å²) in [5.41, 5.74) is 1.71. The molecule has 0 spiro atoms. The van der Waals surface area contributed by atoms with Gasteiger partial charge in [0.2, 0.25) is 0 Å². The lowest BCUT2D eigenvalue weighted by Gasteiger charge is -2.28. The number of hydrogen-bond donors (Lipinski definition) is 1. The number of carbonyl (C=O) groups excluding carboxylic acids is 1. The zero-order valence-electron chi connectivity index (χ0n) is 17.6. The number of thioether (sulfide) groups is 1. The van der Waals surface area contributed by atoms with Crippen molar-refractivity contribution < 1.29 is 13.9 Å². The third-order valence-corrected chi connectivity index (χ3v) is 5.90. The van der Waals surface area contributed by atoms with Crippen LogP contribution in [0.2, 0.25) is 0 Å². The van der Waals surface area contributed by atoms with Gasteiger partial charge < -0.3 is 14.5 Å². The quantitative estimate of drug-likeness (QED) is 0.319. The van der Waals surface area contributed by atoms with E-state index in [1.54, 1.807) is 25.6 Å². The Kier molecular flexibility index (Phi) is 5.95. The Morgan fingerprint density at radius 2 is 1.77 bits per heavy atom. The minimum Gasteiger partial charge on any atom is -0.496 e. The second-order valence-electron chi connectivity index (χ2n) is 7.51. The molecule has 0 radical (unpaired) electrons. The van der Waals surface area contributed by atoms with Gasteiger partial charge in [-0.3, -0.25) is 4.79 Å². The smallest absolute Gasteiger partial charge is 0.288 e. The molecule has 1 amide bonds. The first kappa shape index (κ1) is 20.9. The molecule has 0 saturated carbocycles. The summed E-state index contributed by atoms with van der Waals surface area (Å²) in [6.07, 6.45) is 3.40. The molecule has 158 valence electrons. The fourth-order valence-electron chi connectivity index (χ4n) is 3.49. The van der Waals surface area contributed by atoms with Crippen LogP contribution in [0, 0.1) is 0 Å². The van der Waals surface area contributed by atoms with Gasteiger partial charge in [-0.1, -0.05) is 48.2 Å². The molecule has 7 heteroatoms. The van der Waals surface area contributed by atoms with E-state index in [1.807, 2.05) is 62.4 Å². The Morgan fingerprint density at radius 1 is 1.06 bits per heavy atom. The number of furan rings is 1. The first-order chi connectivity index (χ1) is 15.0. The Labute approximate surface area is 185 Å². The van der Waals surface area contributed by atoms with E-state index in [0.717, 1.165) is 22.3 Å². The lowest BCUT2D eigenvalue weighted by molar-refractivity contribution is 0.0883. The summed E-state index contributed by atoms with van der Waals surface area (Å²) >= 11 is 1.46. The number of nitrogens with one attached hydrogen (secondary N) is 1. The van der Waals surface area contributed by atoms with Crippen molar-refractivity contribution in [3.8, 4) is 5.75 Å². The van der Waals surface area contributed by atoms with E-state index in [4.69, 9.17) is 9.15 Å². The molecule has 31 heavy (non-hydrogen) atoms. The monoisotopic (exact) mass is 433 g/mol. The molecule has 0 bridgehead atoms. The second-order valence-corrected chi connectivity index (χ2v) is 8.45. The number of benzene rings is 2. The Morgan fingerprint density at radius 3 is 2.55 bits per heavy atom. The van der Waals surface area contributed by atoms with Crippen LogP contribution in [0.4, 0.5) is 0 Å². The Balaban J connectivity index is 1.66. The van der Waals surface area contributed by atoms with Crippen molar-refractivity contribution in [2.75, 3.05) is 7.11 Å². The van der Waals surface area contributed by atoms with Crippen LogP contribution < -0.4 is 10.1 Å². The molecular weight excluding hydrogens is 410 g/mol. The van der Waals surface area contributed by atoms with Gasteiger partial charge in [0.25, 0.3) is 5.91 Å². The molecule has 0 aliphatic carbocycles. The topological polar surface area (TPSA) is 77.2 Å². The summed E-state index contributed by atoms with van der Waals surface area (Å²) < 4.78 is 11.5. The van der Waals surface area contributed by atoms with Crippen LogP contribution in [-0.2, 0) is 11.3 Å². The van der Waals surface area contributed by atoms with Crippen LogP contribution in [0.25, 0.3) is 11.0 Å². The Hall–Kier alpha value is -3.32. The zero-order chi connectivity index (χ0) is 21.8. The molecule has 2 aromatic carbocycles. The van der Waals surface area contributed by atoms with E-state index in [0.29, 0.717) is 22.3 Å². The molecule has 6 nitrogen and oxygen atoms in total. The normalized spacial score (nSPS) is 11.5. The fourth-order valence-corrected chi connectivity index (χ4v) is 4.32. The van der Waals surface area contributed by atoms with Crippen LogP contribution in [0.15, 0.2) is 76.6 Å². The molecule has 1 N–H and O–H groups in total. The molecule has 0 unspecified atom stereocenters. The third kappa shape index (κ3) is 4.41. The average molecular weight is 434 g/mol. The predicted molar refractivity (Wildman–Crippen MR) is 121 cm³/mol. The standard InChI is InChI=1S/C24H23N3O3S/c1-24(2,18-10-5-7-12-20(18)29-3)27-22(28)21-17(15-31-23-25-13-8-14-26-23)16-9-4-6-11-19(16)30-21/h4-14H,15H2,1-3H3,(H,27,28). The van der Waals surface area contributed by atoms with E-state index in [2.05, 4.69) is 15.3 Å². The number of rotatable bonds is 7. The summed E-state index contributed by atoms with van der Waals surface area (Å²) in [5, 5.41) is 4.67. The highest BCUT2D eigenvalue weighted by Crippen LogP contribution is 2.33. The third-order valence-electron chi connectivity index (χ3n) is 5.00. The van der Waals surface area contributed by atoms with Crippen LogP contribution in [0.3, 0.4) is 0 Å². The van der Waals surface area contributed by atoms with Crippen molar-refractivity contribution in [2.45, 2.75) is 30.3 Å². The van der Waals surface area contributed by atoms with Crippen molar-refractivity contribution in [3.63, 3.8) is 0 Å². The molecule has 0 aliphatic heterocycles. The number of para-hydroxylation sites is 2. The molecule has 0 aliphatic rings. The van der Waals surface area contributed by atoms with Gasteiger partial charge in [-0.2, -0.15) is 0 Å². The number of fused-ring (bicyclic) bond motifs is 1. The SMILES string of the molecule is COc1ccccc1C(C)(C)NC(=O)c1oc2ccccc2c1CSc1ncccn1. The molecule has 4 aromatic rings. The maximum Gasteiger partial charge on any atom is 0.288 e. The number of methoxy groups -OCH3 is 1. The van der Waals surface area contributed by atoms with E-state index >= 15 is 0 Å². The van der Waals surface area contributed by atoms with Gasteiger partial charge in [-0.25, -0.2) is 9.97 Å². The number of ether oxygens (including phenoxy) is 1. The lowest BCUT2D eigenvalue weighted by Crippen LogP contribution is -2.41. The summed E-state index contributed by atoms with van der Waals surface area (Å²) in [7, 11) is 1.62. The van der Waals surface area contributed by atoms with Crippen LogP contribution in [0.1, 0.15) is 35.5 Å². The number of nitrogens with zero attached hydrogens (tertiary/aromatic N) is 2. The van der Waals surface area contributed by atoms with Crippen molar-refractivity contribution in [1.82, 2.24) is 15.3 Å². The second kappa shape index (κ2) is 8.81. The molecule has 0 saturated heterocycles. The first-order valence-electron chi connectivity index (χ1n) is 9.86. The lowest BCUT2D eigenvalue weighted by atomic mass is 9.93. The predicted octanol–water partition coefficient (Wildman–Crippen LogP) is 5.19. The number of amides is 1. The van der Waals surface area contributed by atoms with Crippen molar-refractivity contribution in [2.24, 2.45) is 0 Å². The maximum absolute atomic E-state index is 13.3. The van der Waals surface area contributed by atoms with E-state index < -0.39 is 5.54 Å². The number of carbonyl (C=O) groups is 1. The van der Waals surface area contributed by atoms with Gasteiger partial charge in [-0.05, 0) is 32.0 Å². The van der Waals surface area contributed by atoms with Crippen LogP contribution in [0.5, 0.6) is 5.75 Å². The molecule has 2 heterocycles. The van der Waals surface area contributed by atoms with Gasteiger partial charge in [-0.15, -0.1) is 0 Å².